The van der Waals surface area contributed by atoms with Crippen molar-refractivity contribution in [3.05, 3.63) is 41.8 Å². The number of hydrogen-bond donors (Lipinski definition) is 3. The van der Waals surface area contributed by atoms with Gasteiger partial charge >= 0.3 is 0 Å². The Bertz CT molecular complexity index is 1360. The second kappa shape index (κ2) is 15.7. The van der Waals surface area contributed by atoms with Crippen LogP contribution in [-0.4, -0.2) is 74.7 Å². The van der Waals surface area contributed by atoms with Crippen LogP contribution < -0.4 is 15.5 Å². The first-order valence-corrected chi connectivity index (χ1v) is 16.7. The Hall–Kier alpha value is -3.80. The van der Waals surface area contributed by atoms with E-state index in [1.807, 2.05) is 6.92 Å². The van der Waals surface area contributed by atoms with Crippen LogP contribution in [0.4, 0.5) is 15.9 Å². The van der Waals surface area contributed by atoms with Gasteiger partial charge in [0, 0.05) is 38.0 Å². The molecule has 2 heterocycles. The molecule has 2 aliphatic rings. The van der Waals surface area contributed by atoms with Gasteiger partial charge in [-0.05, 0) is 63.1 Å². The third-order valence-corrected chi connectivity index (χ3v) is 9.62. The fourth-order valence-electron chi connectivity index (χ4n) is 6.64. The molecule has 252 valence electrons. The lowest BCUT2D eigenvalue weighted by Gasteiger charge is -2.38. The molecule has 4 amide bonds. The van der Waals surface area contributed by atoms with E-state index in [0.29, 0.717) is 50.3 Å². The molecule has 11 nitrogen and oxygen atoms in total. The number of amides is 4. The number of aliphatic hydroxyl groups is 1. The van der Waals surface area contributed by atoms with Gasteiger partial charge in [-0.1, -0.05) is 45.6 Å². The molecule has 1 saturated heterocycles. The van der Waals surface area contributed by atoms with E-state index in [1.54, 1.807) is 48.7 Å². The van der Waals surface area contributed by atoms with Crippen molar-refractivity contribution in [2.45, 2.75) is 116 Å². The minimum Gasteiger partial charge on any atom is -0.390 e. The van der Waals surface area contributed by atoms with Crippen LogP contribution in [0, 0.1) is 11.7 Å². The highest BCUT2D eigenvalue weighted by Gasteiger charge is 2.38. The first-order valence-electron chi connectivity index (χ1n) is 16.7. The summed E-state index contributed by atoms with van der Waals surface area (Å²) in [6.45, 7) is 8.33. The monoisotopic (exact) mass is 640 g/mol. The number of benzene rings is 1. The second-order valence-electron chi connectivity index (χ2n) is 13.0. The van der Waals surface area contributed by atoms with Crippen molar-refractivity contribution in [3.8, 4) is 0 Å². The van der Waals surface area contributed by atoms with E-state index in [-0.39, 0.29) is 29.8 Å². The Morgan fingerprint density at radius 2 is 1.80 bits per heavy atom. The van der Waals surface area contributed by atoms with Gasteiger partial charge in [-0.15, -0.1) is 0 Å². The largest absolute Gasteiger partial charge is 0.390 e. The zero-order chi connectivity index (χ0) is 33.4. The summed E-state index contributed by atoms with van der Waals surface area (Å²) in [5, 5.41) is 20.2. The van der Waals surface area contributed by atoms with E-state index in [9.17, 15) is 24.3 Å². The summed E-state index contributed by atoms with van der Waals surface area (Å²) in [4.78, 5) is 55.5. The van der Waals surface area contributed by atoms with Crippen molar-refractivity contribution >= 4 is 35.6 Å². The highest BCUT2D eigenvalue weighted by atomic mass is 19.1. The number of aromatic nitrogens is 2. The summed E-state index contributed by atoms with van der Waals surface area (Å²) in [5.41, 5.74) is -0.396. The minimum absolute atomic E-state index is 0.0341. The first-order chi connectivity index (χ1) is 22.0. The molecule has 0 bridgehead atoms. The van der Waals surface area contributed by atoms with E-state index in [4.69, 9.17) is 0 Å². The second-order valence-corrected chi connectivity index (χ2v) is 13.0. The van der Waals surface area contributed by atoms with Crippen molar-refractivity contribution in [2.24, 2.45) is 5.92 Å². The predicted octanol–water partition coefficient (Wildman–Crippen LogP) is 4.35. The number of hydrogen-bond acceptors (Lipinski definition) is 6. The smallest absolute Gasteiger partial charge is 0.247 e. The van der Waals surface area contributed by atoms with E-state index in [2.05, 4.69) is 15.7 Å². The zero-order valence-electron chi connectivity index (χ0n) is 27.5. The molecule has 2 fully saturated rings. The van der Waals surface area contributed by atoms with Crippen molar-refractivity contribution < 1.29 is 28.7 Å². The van der Waals surface area contributed by atoms with Crippen LogP contribution in [0.5, 0.6) is 0 Å². The number of carbonyl (C=O) groups is 4. The third kappa shape index (κ3) is 8.31. The maximum atomic E-state index is 15.7. The van der Waals surface area contributed by atoms with Crippen molar-refractivity contribution in [3.63, 3.8) is 0 Å². The Morgan fingerprint density at radius 3 is 2.39 bits per heavy atom. The number of aryl methyl sites for hydroxylation is 1. The fourth-order valence-corrected chi connectivity index (χ4v) is 6.64. The third-order valence-electron chi connectivity index (χ3n) is 9.62. The van der Waals surface area contributed by atoms with Gasteiger partial charge in [0.05, 0.1) is 17.5 Å². The van der Waals surface area contributed by atoms with Crippen molar-refractivity contribution in [2.75, 3.05) is 23.3 Å². The SMILES string of the molecule is CCC(=O)N[C@@H](C(=O)N1CCC(C)(O)CC1)[C@@H](C)c1ccc(NC(=O)[C@H](C2CCCCCC2)N(C=O)c2ccnn2CC)c(F)c1. The number of nitrogens with one attached hydrogen (secondary N) is 2. The van der Waals surface area contributed by atoms with Crippen LogP contribution in [0.1, 0.15) is 97.0 Å². The average molecular weight is 641 g/mol. The van der Waals surface area contributed by atoms with Crippen molar-refractivity contribution in [1.29, 1.82) is 0 Å². The summed E-state index contributed by atoms with van der Waals surface area (Å²) in [6.07, 6.45) is 8.84. The summed E-state index contributed by atoms with van der Waals surface area (Å²) < 4.78 is 17.4. The number of nitrogens with zero attached hydrogens (tertiary/aromatic N) is 4. The van der Waals surface area contributed by atoms with Crippen LogP contribution in [0.3, 0.4) is 0 Å². The molecule has 1 aliphatic heterocycles. The fraction of sp³-hybridized carbons (Fsp3) is 0.618. The quantitative estimate of drug-likeness (QED) is 0.233. The van der Waals surface area contributed by atoms with Gasteiger partial charge in [0.25, 0.3) is 0 Å². The Labute approximate surface area is 270 Å². The van der Waals surface area contributed by atoms with Gasteiger partial charge in [0.2, 0.25) is 24.1 Å². The molecule has 2 aromatic rings. The number of anilines is 2. The molecule has 3 atom stereocenters. The number of rotatable bonds is 12. The lowest BCUT2D eigenvalue weighted by molar-refractivity contribution is -0.140. The highest BCUT2D eigenvalue weighted by Crippen LogP contribution is 2.32. The Balaban J connectivity index is 1.57. The molecule has 4 rings (SSSR count). The zero-order valence-corrected chi connectivity index (χ0v) is 27.5. The van der Waals surface area contributed by atoms with Crippen LogP contribution in [0.15, 0.2) is 30.5 Å². The molecule has 0 spiro atoms. The number of halogens is 1. The maximum absolute atomic E-state index is 15.7. The standard InChI is InChI=1S/C34H49FN6O5/c1-5-28(43)38-30(33(45)39-19-16-34(4,46)17-20-39)23(3)25-13-14-27(26(35)21-25)37-32(44)31(24-11-9-7-8-10-12-24)40(22-42)29-15-18-36-41(29)6-2/h13-15,18,21-24,30-31,46H,5-12,16-17,19-20H2,1-4H3,(H,37,44)(H,38,43)/t23-,30+,31-/m0/s1. The topological polar surface area (TPSA) is 137 Å². The summed E-state index contributed by atoms with van der Waals surface area (Å²) >= 11 is 0. The Kier molecular flexibility index (Phi) is 11.9. The van der Waals surface area contributed by atoms with Gasteiger partial charge in [0.1, 0.15) is 23.7 Å². The molecule has 1 aliphatic carbocycles. The molecule has 1 aromatic carbocycles. The van der Waals surface area contributed by atoms with Crippen LogP contribution in [-0.2, 0) is 25.7 Å². The maximum Gasteiger partial charge on any atom is 0.247 e. The van der Waals surface area contributed by atoms with Crippen LogP contribution >= 0.6 is 0 Å². The average Bonchev–Trinajstić information content (AvgIpc) is 3.35. The molecule has 1 saturated carbocycles. The van der Waals surface area contributed by atoms with Gasteiger partial charge in [-0.3, -0.25) is 24.1 Å². The predicted molar refractivity (Wildman–Crippen MR) is 174 cm³/mol. The number of piperidine rings is 1. The molecule has 0 unspecified atom stereocenters. The first kappa shape index (κ1) is 35.1. The molecule has 3 N–H and O–H groups in total. The molecule has 46 heavy (non-hydrogen) atoms. The molecular formula is C34H49FN6O5. The van der Waals surface area contributed by atoms with Crippen LogP contribution in [0.2, 0.25) is 0 Å². The van der Waals surface area contributed by atoms with E-state index >= 15 is 4.39 Å². The number of carbonyl (C=O) groups excluding carboxylic acids is 4. The molecule has 1 aromatic heterocycles. The lowest BCUT2D eigenvalue weighted by atomic mass is 9.89. The molecule has 0 radical (unpaired) electrons. The lowest BCUT2D eigenvalue weighted by Crippen LogP contribution is -2.54. The van der Waals surface area contributed by atoms with E-state index < -0.39 is 35.3 Å². The summed E-state index contributed by atoms with van der Waals surface area (Å²) in [6, 6.07) is 4.31. The Morgan fingerprint density at radius 1 is 1.13 bits per heavy atom. The normalized spacial score (nSPS) is 19.0. The van der Waals surface area contributed by atoms with E-state index in [1.165, 1.54) is 17.0 Å². The number of likely N-dealkylation sites (tertiary alicyclic amines) is 1. The highest BCUT2D eigenvalue weighted by molar-refractivity contribution is 6.00. The summed E-state index contributed by atoms with van der Waals surface area (Å²) in [7, 11) is 0. The van der Waals surface area contributed by atoms with Gasteiger partial charge in [0.15, 0.2) is 0 Å². The minimum atomic E-state index is -0.931. The summed E-state index contributed by atoms with van der Waals surface area (Å²) in [5.74, 6) is -1.93. The molecular weight excluding hydrogens is 591 g/mol. The van der Waals surface area contributed by atoms with Crippen LogP contribution in [0.25, 0.3) is 0 Å². The van der Waals surface area contributed by atoms with Gasteiger partial charge in [-0.25, -0.2) is 9.07 Å². The van der Waals surface area contributed by atoms with Gasteiger partial charge < -0.3 is 20.6 Å². The molecule has 12 heteroatoms. The van der Waals surface area contributed by atoms with Gasteiger partial charge in [-0.2, -0.15) is 5.10 Å². The van der Waals surface area contributed by atoms with E-state index in [0.717, 1.165) is 38.5 Å². The van der Waals surface area contributed by atoms with Crippen molar-refractivity contribution in [1.82, 2.24) is 20.0 Å².